The highest BCUT2D eigenvalue weighted by molar-refractivity contribution is 5.82. The first-order valence-electron chi connectivity index (χ1n) is 13.8. The van der Waals surface area contributed by atoms with Crippen molar-refractivity contribution in [3.63, 3.8) is 0 Å². The van der Waals surface area contributed by atoms with Gasteiger partial charge in [-0.3, -0.25) is 4.79 Å². The molecule has 0 radical (unpaired) electrons. The van der Waals surface area contributed by atoms with Crippen LogP contribution in [0.1, 0.15) is 116 Å². The van der Waals surface area contributed by atoms with Gasteiger partial charge in [-0.2, -0.15) is 0 Å². The number of hydrogen-bond acceptors (Lipinski definition) is 7. The van der Waals surface area contributed by atoms with Crippen LogP contribution in [0.4, 0.5) is 0 Å². The van der Waals surface area contributed by atoms with Gasteiger partial charge in [0.05, 0.1) is 0 Å². The van der Waals surface area contributed by atoms with Gasteiger partial charge in [-0.1, -0.05) is 96.8 Å². The van der Waals surface area contributed by atoms with Gasteiger partial charge in [0.2, 0.25) is 0 Å². The lowest BCUT2D eigenvalue weighted by molar-refractivity contribution is -0.276. The second-order valence-electron chi connectivity index (χ2n) is 9.94. The van der Waals surface area contributed by atoms with E-state index in [0.717, 1.165) is 51.5 Å². The fourth-order valence-electron chi connectivity index (χ4n) is 4.59. The summed E-state index contributed by atoms with van der Waals surface area (Å²) in [6.07, 6.45) is 11.6. The van der Waals surface area contributed by atoms with Crippen molar-refractivity contribution >= 4 is 5.91 Å². The van der Waals surface area contributed by atoms with Crippen LogP contribution in [0, 0.1) is 0 Å². The van der Waals surface area contributed by atoms with Crippen LogP contribution in [-0.4, -0.2) is 69.6 Å². The number of hydrogen-bond donors (Lipinski definition) is 6. The van der Waals surface area contributed by atoms with E-state index >= 15 is 0 Å². The number of ether oxygens (including phenoxy) is 1. The molecule has 8 nitrogen and oxygen atoms in total. The Morgan fingerprint density at radius 1 is 0.735 bits per heavy atom. The van der Waals surface area contributed by atoms with Gasteiger partial charge < -0.3 is 36.2 Å². The Balaban J connectivity index is 2.37. The molecule has 0 bridgehead atoms. The highest BCUT2D eigenvalue weighted by Gasteiger charge is 2.46. The third-order valence-corrected chi connectivity index (χ3v) is 6.86. The molecule has 7 N–H and O–H groups in total. The highest BCUT2D eigenvalue weighted by Crippen LogP contribution is 2.21. The Morgan fingerprint density at radius 2 is 1.21 bits per heavy atom. The van der Waals surface area contributed by atoms with Crippen molar-refractivity contribution in [1.82, 2.24) is 5.32 Å². The summed E-state index contributed by atoms with van der Waals surface area (Å²) in [7, 11) is 0. The summed E-state index contributed by atoms with van der Waals surface area (Å²) >= 11 is 0. The molecule has 1 unspecified atom stereocenters. The minimum absolute atomic E-state index is 0.0337. The Kier molecular flexibility index (Phi) is 17.9. The van der Waals surface area contributed by atoms with Crippen molar-refractivity contribution in [2.24, 2.45) is 5.73 Å². The van der Waals surface area contributed by atoms with Crippen molar-refractivity contribution in [2.45, 2.75) is 153 Å². The van der Waals surface area contributed by atoms with Gasteiger partial charge in [-0.15, -0.1) is 0 Å². The van der Waals surface area contributed by atoms with Gasteiger partial charge in [0, 0.05) is 6.04 Å². The average molecular weight is 489 g/mol. The molecule has 1 fully saturated rings. The number of amides is 1. The number of nitrogens with one attached hydrogen (secondary N) is 1. The molecule has 1 rings (SSSR count). The summed E-state index contributed by atoms with van der Waals surface area (Å²) in [5.41, 5.74) is 5.52. The molecule has 0 aromatic rings. The number of aliphatic hydroxyl groups is 4. The standard InChI is InChI=1S/C26H52N2O6/c1-2-3-4-11-14-17-20(18-15-12-9-7-5-6-8-10-13-16-19-27)28-25(32)24-22(30)21(29)23(31)26(33)34-24/h20-24,26,29-31,33H,2-19,27H2,1H3,(H,28,32)/t20?,21-,22-,23-,24-,26-/m0/s1. The molecule has 1 amide bonds. The topological polar surface area (TPSA) is 145 Å². The first kappa shape index (κ1) is 31.3. The van der Waals surface area contributed by atoms with E-state index in [1.165, 1.54) is 64.2 Å². The van der Waals surface area contributed by atoms with Crippen molar-refractivity contribution in [3.05, 3.63) is 0 Å². The number of nitrogens with two attached hydrogens (primary N) is 1. The lowest BCUT2D eigenvalue weighted by Crippen LogP contribution is -2.62. The van der Waals surface area contributed by atoms with Crippen LogP contribution in [-0.2, 0) is 9.53 Å². The fourth-order valence-corrected chi connectivity index (χ4v) is 4.59. The highest BCUT2D eigenvalue weighted by atomic mass is 16.6. The van der Waals surface area contributed by atoms with Crippen molar-refractivity contribution in [3.8, 4) is 0 Å². The van der Waals surface area contributed by atoms with E-state index in [4.69, 9.17) is 10.5 Å². The molecular formula is C26H52N2O6. The Hall–Kier alpha value is -0.770. The van der Waals surface area contributed by atoms with E-state index in [-0.39, 0.29) is 6.04 Å². The zero-order valence-corrected chi connectivity index (χ0v) is 21.4. The molecule has 1 saturated heterocycles. The molecule has 8 heteroatoms. The molecule has 34 heavy (non-hydrogen) atoms. The number of carbonyl (C=O) groups is 1. The van der Waals surface area contributed by atoms with Crippen LogP contribution in [0.15, 0.2) is 0 Å². The molecule has 0 aromatic carbocycles. The average Bonchev–Trinajstić information content (AvgIpc) is 2.82. The van der Waals surface area contributed by atoms with Gasteiger partial charge in [-0.05, 0) is 25.8 Å². The minimum Gasteiger partial charge on any atom is -0.387 e. The number of carbonyl (C=O) groups excluding carboxylic acids is 1. The van der Waals surface area contributed by atoms with E-state index < -0.39 is 36.6 Å². The summed E-state index contributed by atoms with van der Waals surface area (Å²) in [5, 5.41) is 42.4. The van der Waals surface area contributed by atoms with Crippen LogP contribution in [0.3, 0.4) is 0 Å². The largest absolute Gasteiger partial charge is 0.387 e. The number of unbranched alkanes of at least 4 members (excludes halogenated alkanes) is 13. The quantitative estimate of drug-likeness (QED) is 0.145. The van der Waals surface area contributed by atoms with Crippen molar-refractivity contribution in [1.29, 1.82) is 0 Å². The first-order chi connectivity index (χ1) is 16.4. The minimum atomic E-state index is -1.71. The van der Waals surface area contributed by atoms with Gasteiger partial charge >= 0.3 is 0 Å². The predicted molar refractivity (Wildman–Crippen MR) is 134 cm³/mol. The van der Waals surface area contributed by atoms with Gasteiger partial charge in [0.25, 0.3) is 5.91 Å². The summed E-state index contributed by atoms with van der Waals surface area (Å²) in [5.74, 6) is -0.550. The molecule has 0 saturated carbocycles. The van der Waals surface area contributed by atoms with Gasteiger partial charge in [0.1, 0.15) is 18.3 Å². The molecular weight excluding hydrogens is 436 g/mol. The summed E-state index contributed by atoms with van der Waals surface area (Å²) < 4.78 is 5.09. The predicted octanol–water partition coefficient (Wildman–Crippen LogP) is 2.88. The van der Waals surface area contributed by atoms with Crippen LogP contribution >= 0.6 is 0 Å². The third-order valence-electron chi connectivity index (χ3n) is 6.86. The monoisotopic (exact) mass is 488 g/mol. The van der Waals surface area contributed by atoms with Crippen LogP contribution in [0.2, 0.25) is 0 Å². The van der Waals surface area contributed by atoms with Crippen LogP contribution in [0.5, 0.6) is 0 Å². The lowest BCUT2D eigenvalue weighted by atomic mass is 9.96. The zero-order chi connectivity index (χ0) is 25.2. The molecule has 1 aliphatic heterocycles. The van der Waals surface area contributed by atoms with E-state index in [0.29, 0.717) is 0 Å². The molecule has 1 aliphatic rings. The molecule has 0 aliphatic carbocycles. The maximum atomic E-state index is 12.7. The molecule has 0 aromatic heterocycles. The Labute approximate surface area is 206 Å². The zero-order valence-electron chi connectivity index (χ0n) is 21.4. The lowest BCUT2D eigenvalue weighted by Gasteiger charge is -2.38. The normalized spacial score (nSPS) is 25.9. The third kappa shape index (κ3) is 12.8. The van der Waals surface area contributed by atoms with Crippen molar-refractivity contribution in [2.75, 3.05) is 6.54 Å². The Bertz CT molecular complexity index is 510. The number of rotatable bonds is 20. The summed E-state index contributed by atoms with van der Waals surface area (Å²) in [6, 6.07) is -0.0337. The maximum Gasteiger partial charge on any atom is 0.252 e. The fraction of sp³-hybridized carbons (Fsp3) is 0.962. The SMILES string of the molecule is CCCCCCCC(CCCCCCCCCCCCN)NC(=O)[C@H]1O[C@H](O)[C@@H](O)[C@@H](O)[C@@H]1O. The first-order valence-corrected chi connectivity index (χ1v) is 13.8. The number of aliphatic hydroxyl groups excluding tert-OH is 4. The van der Waals surface area contributed by atoms with Crippen molar-refractivity contribution < 1.29 is 30.0 Å². The van der Waals surface area contributed by atoms with E-state index in [1.54, 1.807) is 0 Å². The molecule has 1 heterocycles. The summed E-state index contributed by atoms with van der Waals surface area (Å²) in [6.45, 7) is 2.97. The maximum absolute atomic E-state index is 12.7. The molecule has 0 spiro atoms. The van der Waals surface area contributed by atoms with E-state index in [1.807, 2.05) is 0 Å². The molecule has 202 valence electrons. The van der Waals surface area contributed by atoms with Gasteiger partial charge in [-0.25, -0.2) is 0 Å². The molecule has 6 atom stereocenters. The van der Waals surface area contributed by atoms with Crippen LogP contribution in [0.25, 0.3) is 0 Å². The second-order valence-corrected chi connectivity index (χ2v) is 9.94. The Morgan fingerprint density at radius 3 is 1.71 bits per heavy atom. The summed E-state index contributed by atoms with van der Waals surface area (Å²) in [4.78, 5) is 12.7. The van der Waals surface area contributed by atoms with E-state index in [2.05, 4.69) is 12.2 Å². The van der Waals surface area contributed by atoms with Gasteiger partial charge in [0.15, 0.2) is 12.4 Å². The van der Waals surface area contributed by atoms with E-state index in [9.17, 15) is 25.2 Å². The second kappa shape index (κ2) is 19.4. The van der Waals surface area contributed by atoms with Crippen LogP contribution < -0.4 is 11.1 Å². The smallest absolute Gasteiger partial charge is 0.252 e.